The van der Waals surface area contributed by atoms with Gasteiger partial charge in [-0.15, -0.1) is 0 Å². The third-order valence-corrected chi connectivity index (χ3v) is 2.27. The first-order valence-corrected chi connectivity index (χ1v) is 5.99. The molecule has 1 rings (SSSR count). The molecule has 1 aromatic rings. The Morgan fingerprint density at radius 2 is 2.00 bits per heavy atom. The second kappa shape index (κ2) is 5.74. The first-order chi connectivity index (χ1) is 9.44. The summed E-state index contributed by atoms with van der Waals surface area (Å²) in [4.78, 5) is 22.6. The molecule has 0 saturated heterocycles. The minimum absolute atomic E-state index is 0.191. The number of hydrogen-bond donors (Lipinski definition) is 1. The standard InChI is InChI=1S/C12H16F3N3O3/c1-11(2,3)21-10(20)16-8(6-19)7-5-18(4)17-9(7)12(13,14)15/h5-6,8H,1-4H3,(H,16,20). The fourth-order valence-electron chi connectivity index (χ4n) is 1.57. The average Bonchev–Trinajstić information content (AvgIpc) is 2.65. The van der Waals surface area contributed by atoms with Gasteiger partial charge in [-0.3, -0.25) is 4.68 Å². The van der Waals surface area contributed by atoms with Crippen LogP contribution in [0, 0.1) is 0 Å². The summed E-state index contributed by atoms with van der Waals surface area (Å²) in [6.07, 6.45) is -4.50. The molecule has 1 heterocycles. The van der Waals surface area contributed by atoms with Gasteiger partial charge in [-0.05, 0) is 20.8 Å². The van der Waals surface area contributed by atoms with Gasteiger partial charge in [0.25, 0.3) is 0 Å². The molecule has 1 aromatic heterocycles. The molecule has 1 unspecified atom stereocenters. The van der Waals surface area contributed by atoms with Crippen LogP contribution in [0.2, 0.25) is 0 Å². The van der Waals surface area contributed by atoms with Crippen molar-refractivity contribution in [3.05, 3.63) is 17.5 Å². The maximum atomic E-state index is 12.8. The van der Waals surface area contributed by atoms with Crippen LogP contribution in [0.1, 0.15) is 38.1 Å². The minimum atomic E-state index is -4.73. The van der Waals surface area contributed by atoms with E-state index >= 15 is 0 Å². The van der Waals surface area contributed by atoms with Crippen molar-refractivity contribution in [2.24, 2.45) is 7.05 Å². The topological polar surface area (TPSA) is 73.2 Å². The van der Waals surface area contributed by atoms with Gasteiger partial charge in [-0.1, -0.05) is 0 Å². The second-order valence-corrected chi connectivity index (χ2v) is 5.36. The van der Waals surface area contributed by atoms with Gasteiger partial charge in [0.1, 0.15) is 17.9 Å². The highest BCUT2D eigenvalue weighted by molar-refractivity contribution is 5.74. The molecular formula is C12H16F3N3O3. The highest BCUT2D eigenvalue weighted by Crippen LogP contribution is 2.33. The summed E-state index contributed by atoms with van der Waals surface area (Å²) in [5.41, 5.74) is -2.50. The molecule has 21 heavy (non-hydrogen) atoms. The van der Waals surface area contributed by atoms with Gasteiger partial charge in [0.2, 0.25) is 0 Å². The SMILES string of the molecule is Cn1cc(C(C=O)NC(=O)OC(C)(C)C)c(C(F)(F)F)n1. The van der Waals surface area contributed by atoms with Crippen molar-refractivity contribution in [1.29, 1.82) is 0 Å². The van der Waals surface area contributed by atoms with Crippen LogP contribution in [0.15, 0.2) is 6.20 Å². The number of carbonyl (C=O) groups excluding carboxylic acids is 2. The summed E-state index contributed by atoms with van der Waals surface area (Å²) < 4.78 is 44.3. The average molecular weight is 307 g/mol. The summed E-state index contributed by atoms with van der Waals surface area (Å²) in [5, 5.41) is 5.36. The zero-order valence-corrected chi connectivity index (χ0v) is 12.0. The zero-order chi connectivity index (χ0) is 16.4. The Balaban J connectivity index is 3.01. The molecule has 0 aliphatic carbocycles. The van der Waals surface area contributed by atoms with Gasteiger partial charge >= 0.3 is 12.3 Å². The number of hydrogen-bond acceptors (Lipinski definition) is 4. The van der Waals surface area contributed by atoms with E-state index in [1.54, 1.807) is 20.8 Å². The van der Waals surface area contributed by atoms with E-state index in [9.17, 15) is 22.8 Å². The van der Waals surface area contributed by atoms with Crippen molar-refractivity contribution < 1.29 is 27.5 Å². The van der Waals surface area contributed by atoms with Crippen molar-refractivity contribution in [2.75, 3.05) is 0 Å². The van der Waals surface area contributed by atoms with E-state index in [4.69, 9.17) is 4.74 Å². The Kier molecular flexibility index (Phi) is 4.65. The number of amides is 1. The second-order valence-electron chi connectivity index (χ2n) is 5.36. The summed E-state index contributed by atoms with van der Waals surface area (Å²) in [6.45, 7) is 4.77. The van der Waals surface area contributed by atoms with Crippen LogP contribution in [0.3, 0.4) is 0 Å². The van der Waals surface area contributed by atoms with Crippen LogP contribution in [0.5, 0.6) is 0 Å². The van der Waals surface area contributed by atoms with E-state index in [-0.39, 0.29) is 6.29 Å². The fourth-order valence-corrected chi connectivity index (χ4v) is 1.57. The quantitative estimate of drug-likeness (QED) is 0.869. The Hall–Kier alpha value is -2.06. The number of alkyl carbamates (subject to hydrolysis) is 1. The van der Waals surface area contributed by atoms with Crippen molar-refractivity contribution >= 4 is 12.4 Å². The minimum Gasteiger partial charge on any atom is -0.444 e. The summed E-state index contributed by atoms with van der Waals surface area (Å²) in [5.74, 6) is 0. The monoisotopic (exact) mass is 307 g/mol. The number of aromatic nitrogens is 2. The largest absolute Gasteiger partial charge is 0.444 e. The predicted molar refractivity (Wildman–Crippen MR) is 66.4 cm³/mol. The Morgan fingerprint density at radius 3 is 2.43 bits per heavy atom. The van der Waals surface area contributed by atoms with Crippen LogP contribution in [0.25, 0.3) is 0 Å². The molecule has 0 spiro atoms. The van der Waals surface area contributed by atoms with Gasteiger partial charge in [-0.25, -0.2) is 4.79 Å². The molecule has 0 saturated carbocycles. The molecular weight excluding hydrogens is 291 g/mol. The van der Waals surface area contributed by atoms with E-state index in [2.05, 4.69) is 10.4 Å². The smallest absolute Gasteiger partial charge is 0.435 e. The van der Waals surface area contributed by atoms with Crippen LogP contribution in [-0.4, -0.2) is 27.8 Å². The molecule has 0 aliphatic rings. The van der Waals surface area contributed by atoms with Crippen molar-refractivity contribution in [1.82, 2.24) is 15.1 Å². The maximum Gasteiger partial charge on any atom is 0.435 e. The number of nitrogens with zero attached hydrogens (tertiary/aromatic N) is 2. The number of aryl methyl sites for hydroxylation is 1. The molecule has 1 atom stereocenters. The maximum absolute atomic E-state index is 12.8. The summed E-state index contributed by atoms with van der Waals surface area (Å²) in [7, 11) is 1.29. The molecule has 0 aliphatic heterocycles. The van der Waals surface area contributed by atoms with Crippen molar-refractivity contribution in [3.63, 3.8) is 0 Å². The lowest BCUT2D eigenvalue weighted by Gasteiger charge is -2.21. The predicted octanol–water partition coefficient (Wildman–Crippen LogP) is 2.20. The summed E-state index contributed by atoms with van der Waals surface area (Å²) in [6, 6.07) is -1.50. The lowest BCUT2D eigenvalue weighted by atomic mass is 10.1. The van der Waals surface area contributed by atoms with E-state index in [0.29, 0.717) is 0 Å². The number of halogens is 3. The third-order valence-electron chi connectivity index (χ3n) is 2.27. The highest BCUT2D eigenvalue weighted by Gasteiger charge is 2.39. The third kappa shape index (κ3) is 4.76. The fraction of sp³-hybridized carbons (Fsp3) is 0.583. The van der Waals surface area contributed by atoms with Crippen LogP contribution in [0.4, 0.5) is 18.0 Å². The Bertz CT molecular complexity index is 532. The van der Waals surface area contributed by atoms with E-state index in [1.807, 2.05) is 0 Å². The molecule has 9 heteroatoms. The number of carbonyl (C=O) groups is 2. The number of rotatable bonds is 3. The van der Waals surface area contributed by atoms with Gasteiger partial charge in [0, 0.05) is 18.8 Å². The van der Waals surface area contributed by atoms with E-state index in [1.165, 1.54) is 7.05 Å². The summed E-state index contributed by atoms with van der Waals surface area (Å²) >= 11 is 0. The van der Waals surface area contributed by atoms with Crippen LogP contribution >= 0.6 is 0 Å². The lowest BCUT2D eigenvalue weighted by molar-refractivity contribution is -0.142. The first kappa shape index (κ1) is 17.0. The number of ether oxygens (including phenoxy) is 1. The Morgan fingerprint density at radius 1 is 1.43 bits per heavy atom. The van der Waals surface area contributed by atoms with Gasteiger partial charge in [0.15, 0.2) is 5.69 Å². The molecule has 118 valence electrons. The van der Waals surface area contributed by atoms with Crippen LogP contribution < -0.4 is 5.32 Å². The van der Waals surface area contributed by atoms with Crippen molar-refractivity contribution in [3.8, 4) is 0 Å². The molecule has 6 nitrogen and oxygen atoms in total. The van der Waals surface area contributed by atoms with Gasteiger partial charge in [-0.2, -0.15) is 18.3 Å². The first-order valence-electron chi connectivity index (χ1n) is 5.99. The molecule has 0 fully saturated rings. The molecule has 0 radical (unpaired) electrons. The van der Waals surface area contributed by atoms with E-state index in [0.717, 1.165) is 10.9 Å². The lowest BCUT2D eigenvalue weighted by Crippen LogP contribution is -2.36. The van der Waals surface area contributed by atoms with Gasteiger partial charge < -0.3 is 14.8 Å². The number of aldehydes is 1. The van der Waals surface area contributed by atoms with Crippen LogP contribution in [-0.2, 0) is 22.8 Å². The number of alkyl halides is 3. The molecule has 0 aromatic carbocycles. The normalized spacial score (nSPS) is 13.7. The van der Waals surface area contributed by atoms with E-state index < -0.39 is 35.2 Å². The van der Waals surface area contributed by atoms with Crippen molar-refractivity contribution in [2.45, 2.75) is 38.6 Å². The molecule has 0 bridgehead atoms. The molecule has 1 amide bonds. The van der Waals surface area contributed by atoms with Gasteiger partial charge in [0.05, 0.1) is 0 Å². The highest BCUT2D eigenvalue weighted by atomic mass is 19.4. The molecule has 1 N–H and O–H groups in total. The zero-order valence-electron chi connectivity index (χ0n) is 12.0. The number of nitrogens with one attached hydrogen (secondary N) is 1. The Labute approximate surface area is 119 Å².